The molecule has 0 radical (unpaired) electrons. The van der Waals surface area contributed by atoms with Gasteiger partial charge in [0, 0.05) is 23.5 Å². The molecule has 0 saturated carbocycles. The van der Waals surface area contributed by atoms with Crippen molar-refractivity contribution in [2.75, 3.05) is 0 Å². The van der Waals surface area contributed by atoms with E-state index >= 15 is 0 Å². The Morgan fingerprint density at radius 3 is 2.86 bits per heavy atom. The Morgan fingerprint density at radius 1 is 1.38 bits per heavy atom. The Bertz CT molecular complexity index is 651. The van der Waals surface area contributed by atoms with E-state index in [9.17, 15) is 4.79 Å². The monoisotopic (exact) mass is 283 g/mol. The molecule has 1 amide bonds. The standard InChI is InChI=1S/C17H21N3O/c1-12(2)9-14(10-18)20-17(21)8-7-13-11-19-16-6-4-3-5-15(13)16/h3-6,11-12,14,19H,7-9H2,1-2H3,(H,20,21)/t14-/m1/s1. The van der Waals surface area contributed by atoms with Gasteiger partial charge in [-0.25, -0.2) is 0 Å². The molecule has 4 nitrogen and oxygen atoms in total. The maximum atomic E-state index is 12.0. The number of nitrogens with one attached hydrogen (secondary N) is 2. The van der Waals surface area contributed by atoms with Gasteiger partial charge in [0.15, 0.2) is 0 Å². The number of benzene rings is 1. The summed E-state index contributed by atoms with van der Waals surface area (Å²) in [5, 5.41) is 13.0. The number of hydrogen-bond acceptors (Lipinski definition) is 2. The lowest BCUT2D eigenvalue weighted by atomic mass is 10.0. The molecule has 0 aliphatic rings. The Kier molecular flexibility index (Phi) is 4.99. The Balaban J connectivity index is 1.91. The van der Waals surface area contributed by atoms with Crippen LogP contribution in [0.15, 0.2) is 30.5 Å². The third-order valence-corrected chi connectivity index (χ3v) is 3.49. The van der Waals surface area contributed by atoms with Gasteiger partial charge in [-0.3, -0.25) is 4.79 Å². The summed E-state index contributed by atoms with van der Waals surface area (Å²) >= 11 is 0. The lowest BCUT2D eigenvalue weighted by Gasteiger charge is -2.13. The number of carbonyl (C=O) groups is 1. The number of fused-ring (bicyclic) bond motifs is 1. The highest BCUT2D eigenvalue weighted by Gasteiger charge is 2.13. The number of nitrogens with zero attached hydrogens (tertiary/aromatic N) is 1. The molecule has 2 aromatic rings. The van der Waals surface area contributed by atoms with Gasteiger partial charge < -0.3 is 10.3 Å². The maximum absolute atomic E-state index is 12.0. The summed E-state index contributed by atoms with van der Waals surface area (Å²) in [7, 11) is 0. The SMILES string of the molecule is CC(C)C[C@H](C#N)NC(=O)CCc1c[nH]c2ccccc12. The van der Waals surface area contributed by atoms with Crippen molar-refractivity contribution in [3.63, 3.8) is 0 Å². The van der Waals surface area contributed by atoms with Gasteiger partial charge in [0.05, 0.1) is 6.07 Å². The van der Waals surface area contributed by atoms with E-state index in [4.69, 9.17) is 5.26 Å². The third-order valence-electron chi connectivity index (χ3n) is 3.49. The molecule has 110 valence electrons. The Morgan fingerprint density at radius 2 is 2.14 bits per heavy atom. The number of para-hydroxylation sites is 1. The molecular formula is C17H21N3O. The zero-order valence-corrected chi connectivity index (χ0v) is 12.5. The van der Waals surface area contributed by atoms with Crippen molar-refractivity contribution in [3.8, 4) is 6.07 Å². The van der Waals surface area contributed by atoms with Gasteiger partial charge in [0.25, 0.3) is 0 Å². The molecule has 21 heavy (non-hydrogen) atoms. The summed E-state index contributed by atoms with van der Waals surface area (Å²) in [5.41, 5.74) is 2.22. The van der Waals surface area contributed by atoms with E-state index in [-0.39, 0.29) is 11.9 Å². The highest BCUT2D eigenvalue weighted by molar-refractivity contribution is 5.84. The number of nitriles is 1. The summed E-state index contributed by atoms with van der Waals surface area (Å²) < 4.78 is 0. The molecular weight excluding hydrogens is 262 g/mol. The van der Waals surface area contributed by atoms with Crippen LogP contribution in [0.25, 0.3) is 10.9 Å². The normalized spacial score (nSPS) is 12.3. The molecule has 1 aromatic heterocycles. The van der Waals surface area contributed by atoms with Crippen LogP contribution in [0.4, 0.5) is 0 Å². The quantitative estimate of drug-likeness (QED) is 0.855. The predicted octanol–water partition coefficient (Wildman–Crippen LogP) is 3.15. The molecule has 1 aromatic carbocycles. The number of aromatic amines is 1. The molecule has 0 bridgehead atoms. The van der Waals surface area contributed by atoms with Gasteiger partial charge in [-0.1, -0.05) is 32.0 Å². The third kappa shape index (κ3) is 4.09. The Labute approximate surface area is 125 Å². The van der Waals surface area contributed by atoms with Crippen molar-refractivity contribution in [1.29, 1.82) is 5.26 Å². The van der Waals surface area contributed by atoms with Crippen LogP contribution in [0, 0.1) is 17.2 Å². The first kappa shape index (κ1) is 15.1. The summed E-state index contributed by atoms with van der Waals surface area (Å²) in [6.07, 6.45) is 3.72. The number of rotatable bonds is 6. The largest absolute Gasteiger partial charge is 0.361 e. The summed E-state index contributed by atoms with van der Waals surface area (Å²) in [4.78, 5) is 15.2. The van der Waals surface area contributed by atoms with Crippen molar-refractivity contribution in [3.05, 3.63) is 36.0 Å². The number of aryl methyl sites for hydroxylation is 1. The zero-order chi connectivity index (χ0) is 15.2. The highest BCUT2D eigenvalue weighted by Crippen LogP contribution is 2.18. The number of carbonyl (C=O) groups excluding carboxylic acids is 1. The van der Waals surface area contributed by atoms with Crippen molar-refractivity contribution < 1.29 is 4.79 Å². The van der Waals surface area contributed by atoms with E-state index in [1.165, 1.54) is 0 Å². The smallest absolute Gasteiger partial charge is 0.221 e. The Hall–Kier alpha value is -2.28. The molecule has 4 heteroatoms. The van der Waals surface area contributed by atoms with Crippen molar-refractivity contribution in [1.82, 2.24) is 10.3 Å². The topological polar surface area (TPSA) is 68.7 Å². The fourth-order valence-corrected chi connectivity index (χ4v) is 2.47. The van der Waals surface area contributed by atoms with E-state index in [1.54, 1.807) is 0 Å². The minimum Gasteiger partial charge on any atom is -0.361 e. The lowest BCUT2D eigenvalue weighted by Crippen LogP contribution is -2.34. The van der Waals surface area contributed by atoms with E-state index in [2.05, 4.69) is 22.4 Å². The van der Waals surface area contributed by atoms with Gasteiger partial charge in [0.1, 0.15) is 6.04 Å². The van der Waals surface area contributed by atoms with Crippen LogP contribution in [-0.4, -0.2) is 16.9 Å². The van der Waals surface area contributed by atoms with E-state index < -0.39 is 0 Å². The highest BCUT2D eigenvalue weighted by atomic mass is 16.1. The first-order valence-electron chi connectivity index (χ1n) is 7.34. The van der Waals surface area contributed by atoms with Crippen LogP contribution < -0.4 is 5.32 Å². The van der Waals surface area contributed by atoms with Crippen LogP contribution in [-0.2, 0) is 11.2 Å². The molecule has 0 spiro atoms. The fraction of sp³-hybridized carbons (Fsp3) is 0.412. The summed E-state index contributed by atoms with van der Waals surface area (Å²) in [6.45, 7) is 4.09. The minimum atomic E-state index is -0.388. The average molecular weight is 283 g/mol. The first-order valence-corrected chi connectivity index (χ1v) is 7.34. The molecule has 1 heterocycles. The zero-order valence-electron chi connectivity index (χ0n) is 12.5. The van der Waals surface area contributed by atoms with Crippen LogP contribution in [0.1, 0.15) is 32.3 Å². The lowest BCUT2D eigenvalue weighted by molar-refractivity contribution is -0.121. The van der Waals surface area contributed by atoms with Crippen LogP contribution >= 0.6 is 0 Å². The predicted molar refractivity (Wildman–Crippen MR) is 83.6 cm³/mol. The van der Waals surface area contributed by atoms with E-state index in [0.717, 1.165) is 16.5 Å². The molecule has 2 rings (SSSR count). The van der Waals surface area contributed by atoms with Gasteiger partial charge in [-0.2, -0.15) is 5.26 Å². The number of amides is 1. The van der Waals surface area contributed by atoms with Crippen LogP contribution in [0.5, 0.6) is 0 Å². The fourth-order valence-electron chi connectivity index (χ4n) is 2.47. The molecule has 0 fully saturated rings. The second-order valence-corrected chi connectivity index (χ2v) is 5.74. The van der Waals surface area contributed by atoms with Gasteiger partial charge in [-0.05, 0) is 30.4 Å². The molecule has 0 aliphatic heterocycles. The second-order valence-electron chi connectivity index (χ2n) is 5.74. The second kappa shape index (κ2) is 6.94. The number of H-pyrrole nitrogens is 1. The summed E-state index contributed by atoms with van der Waals surface area (Å²) in [6, 6.07) is 9.81. The molecule has 2 N–H and O–H groups in total. The van der Waals surface area contributed by atoms with Gasteiger partial charge in [-0.15, -0.1) is 0 Å². The molecule has 1 atom stereocenters. The average Bonchev–Trinajstić information content (AvgIpc) is 2.87. The molecule has 0 aliphatic carbocycles. The summed E-state index contributed by atoms with van der Waals surface area (Å²) in [5.74, 6) is 0.330. The van der Waals surface area contributed by atoms with E-state index in [1.807, 2.05) is 38.2 Å². The van der Waals surface area contributed by atoms with Crippen molar-refractivity contribution in [2.45, 2.75) is 39.2 Å². The minimum absolute atomic E-state index is 0.0625. The maximum Gasteiger partial charge on any atom is 0.221 e. The van der Waals surface area contributed by atoms with Crippen molar-refractivity contribution in [2.24, 2.45) is 5.92 Å². The number of aromatic nitrogens is 1. The molecule has 0 unspecified atom stereocenters. The number of hydrogen-bond donors (Lipinski definition) is 2. The molecule has 0 saturated heterocycles. The first-order chi connectivity index (χ1) is 10.1. The van der Waals surface area contributed by atoms with Gasteiger partial charge >= 0.3 is 0 Å². The van der Waals surface area contributed by atoms with Crippen LogP contribution in [0.2, 0.25) is 0 Å². The van der Waals surface area contributed by atoms with Gasteiger partial charge in [0.2, 0.25) is 5.91 Å². The van der Waals surface area contributed by atoms with E-state index in [0.29, 0.717) is 25.2 Å². The van der Waals surface area contributed by atoms with Crippen LogP contribution in [0.3, 0.4) is 0 Å². The van der Waals surface area contributed by atoms with Crippen molar-refractivity contribution >= 4 is 16.8 Å².